The summed E-state index contributed by atoms with van der Waals surface area (Å²) in [7, 11) is 4.05. The Bertz CT molecular complexity index is 1260. The lowest BCUT2D eigenvalue weighted by molar-refractivity contribution is 0.0952. The summed E-state index contributed by atoms with van der Waals surface area (Å²) >= 11 is 0. The van der Waals surface area contributed by atoms with Gasteiger partial charge in [-0.2, -0.15) is 0 Å². The van der Waals surface area contributed by atoms with Crippen molar-refractivity contribution in [3.8, 4) is 11.5 Å². The average molecular weight is 428 g/mol. The van der Waals surface area contributed by atoms with E-state index >= 15 is 0 Å². The van der Waals surface area contributed by atoms with E-state index in [2.05, 4.69) is 51.6 Å². The second-order valence-electron chi connectivity index (χ2n) is 8.11. The molecule has 1 aliphatic heterocycles. The van der Waals surface area contributed by atoms with Crippen LogP contribution in [0.25, 0.3) is 10.9 Å². The molecule has 4 aromatic rings. The number of H-pyrrole nitrogens is 1. The van der Waals surface area contributed by atoms with Gasteiger partial charge in [0.1, 0.15) is 0 Å². The normalized spacial score (nSPS) is 13.2. The van der Waals surface area contributed by atoms with Gasteiger partial charge in [0, 0.05) is 54.9 Å². The molecular formula is C26H25N3O3. The molecule has 32 heavy (non-hydrogen) atoms. The number of fused-ring (bicyclic) bond motifs is 2. The van der Waals surface area contributed by atoms with Crippen molar-refractivity contribution in [1.29, 1.82) is 0 Å². The fourth-order valence-corrected chi connectivity index (χ4v) is 4.13. The second-order valence-corrected chi connectivity index (χ2v) is 8.11. The molecule has 0 spiro atoms. The van der Waals surface area contributed by atoms with Crippen molar-refractivity contribution in [2.75, 3.05) is 32.3 Å². The fraction of sp³-hybridized carbons (Fsp3) is 0.192. The highest BCUT2D eigenvalue weighted by Gasteiger charge is 2.21. The van der Waals surface area contributed by atoms with E-state index in [0.717, 1.165) is 27.7 Å². The van der Waals surface area contributed by atoms with Crippen molar-refractivity contribution in [2.24, 2.45) is 0 Å². The van der Waals surface area contributed by atoms with Crippen LogP contribution in [0.4, 0.5) is 5.69 Å². The smallest absolute Gasteiger partial charge is 0.251 e. The van der Waals surface area contributed by atoms with E-state index in [9.17, 15) is 4.79 Å². The molecule has 5 rings (SSSR count). The van der Waals surface area contributed by atoms with Crippen LogP contribution < -0.4 is 19.7 Å². The van der Waals surface area contributed by atoms with Crippen LogP contribution in [0, 0.1) is 0 Å². The van der Waals surface area contributed by atoms with Gasteiger partial charge in [-0.25, -0.2) is 0 Å². The monoisotopic (exact) mass is 427 g/mol. The first-order chi connectivity index (χ1) is 15.6. The van der Waals surface area contributed by atoms with Crippen molar-refractivity contribution in [3.05, 3.63) is 89.6 Å². The standard InChI is InChI=1S/C26H25N3O3/c1-29(2)19-10-7-17(8-11-19)21(22-15-27-23-6-4-3-5-20(22)23)14-28-26(30)18-9-12-24-25(13-18)32-16-31-24/h3-13,15,21,27H,14,16H2,1-2H3,(H,28,30)/t21-/m0/s1. The highest BCUT2D eigenvalue weighted by atomic mass is 16.7. The number of nitrogens with one attached hydrogen (secondary N) is 2. The minimum atomic E-state index is -0.141. The molecule has 162 valence electrons. The molecule has 0 bridgehead atoms. The number of para-hydroxylation sites is 1. The van der Waals surface area contributed by atoms with Crippen molar-refractivity contribution < 1.29 is 14.3 Å². The first-order valence-corrected chi connectivity index (χ1v) is 10.6. The summed E-state index contributed by atoms with van der Waals surface area (Å²) < 4.78 is 10.8. The van der Waals surface area contributed by atoms with Gasteiger partial charge in [-0.1, -0.05) is 30.3 Å². The maximum absolute atomic E-state index is 12.9. The number of hydrogen-bond acceptors (Lipinski definition) is 4. The quantitative estimate of drug-likeness (QED) is 0.475. The zero-order valence-electron chi connectivity index (χ0n) is 18.1. The highest BCUT2D eigenvalue weighted by molar-refractivity contribution is 5.95. The molecule has 0 aliphatic carbocycles. The van der Waals surface area contributed by atoms with Crippen LogP contribution in [0.5, 0.6) is 11.5 Å². The molecule has 3 aromatic carbocycles. The fourth-order valence-electron chi connectivity index (χ4n) is 4.13. The number of carbonyl (C=O) groups excluding carboxylic acids is 1. The summed E-state index contributed by atoms with van der Waals surface area (Å²) in [6.07, 6.45) is 2.04. The number of ether oxygens (including phenoxy) is 2. The molecule has 1 atom stereocenters. The minimum Gasteiger partial charge on any atom is -0.454 e. The molecular weight excluding hydrogens is 402 g/mol. The van der Waals surface area contributed by atoms with E-state index < -0.39 is 0 Å². The number of anilines is 1. The van der Waals surface area contributed by atoms with Gasteiger partial charge in [0.2, 0.25) is 6.79 Å². The van der Waals surface area contributed by atoms with Gasteiger partial charge in [-0.3, -0.25) is 4.79 Å². The number of benzene rings is 3. The SMILES string of the molecule is CN(C)c1ccc([C@H](CNC(=O)c2ccc3c(c2)OCO3)c2c[nH]c3ccccc23)cc1. The molecule has 6 heteroatoms. The molecule has 0 saturated heterocycles. The van der Waals surface area contributed by atoms with Crippen LogP contribution in [-0.4, -0.2) is 38.3 Å². The van der Waals surface area contributed by atoms with Gasteiger partial charge >= 0.3 is 0 Å². The second kappa shape index (κ2) is 8.30. The molecule has 1 aromatic heterocycles. The molecule has 2 N–H and O–H groups in total. The largest absolute Gasteiger partial charge is 0.454 e. The molecule has 0 radical (unpaired) electrons. The molecule has 0 unspecified atom stereocenters. The number of rotatable bonds is 6. The number of carbonyl (C=O) groups is 1. The van der Waals surface area contributed by atoms with Crippen LogP contribution in [0.2, 0.25) is 0 Å². The van der Waals surface area contributed by atoms with Gasteiger partial charge < -0.3 is 24.7 Å². The van der Waals surface area contributed by atoms with Crippen molar-refractivity contribution in [3.63, 3.8) is 0 Å². The van der Waals surface area contributed by atoms with Gasteiger partial charge in [0.25, 0.3) is 5.91 Å². The van der Waals surface area contributed by atoms with E-state index in [1.54, 1.807) is 18.2 Å². The van der Waals surface area contributed by atoms with Crippen molar-refractivity contribution in [2.45, 2.75) is 5.92 Å². The first kappa shape index (κ1) is 20.0. The summed E-state index contributed by atoms with van der Waals surface area (Å²) in [4.78, 5) is 18.4. The van der Waals surface area contributed by atoms with Crippen LogP contribution in [0.1, 0.15) is 27.4 Å². The lowest BCUT2D eigenvalue weighted by Gasteiger charge is -2.20. The topological polar surface area (TPSA) is 66.6 Å². The molecule has 0 saturated carbocycles. The molecule has 6 nitrogen and oxygen atoms in total. The van der Waals surface area contributed by atoms with Gasteiger partial charge in [0.15, 0.2) is 11.5 Å². The summed E-state index contributed by atoms with van der Waals surface area (Å²) in [5, 5.41) is 4.28. The Morgan fingerprint density at radius 2 is 1.81 bits per heavy atom. The maximum Gasteiger partial charge on any atom is 0.251 e. The van der Waals surface area contributed by atoms with E-state index in [4.69, 9.17) is 9.47 Å². The number of hydrogen-bond donors (Lipinski definition) is 2. The van der Waals surface area contributed by atoms with Crippen LogP contribution in [0.3, 0.4) is 0 Å². The minimum absolute atomic E-state index is 0.000299. The Balaban J connectivity index is 1.44. The van der Waals surface area contributed by atoms with Crippen molar-refractivity contribution in [1.82, 2.24) is 10.3 Å². The van der Waals surface area contributed by atoms with Gasteiger partial charge in [0.05, 0.1) is 0 Å². The van der Waals surface area contributed by atoms with Crippen LogP contribution in [-0.2, 0) is 0 Å². The molecule has 0 fully saturated rings. The summed E-state index contributed by atoms with van der Waals surface area (Å²) in [5.74, 6) is 1.13. The number of nitrogens with zero attached hydrogens (tertiary/aromatic N) is 1. The van der Waals surface area contributed by atoms with E-state index in [1.807, 2.05) is 32.4 Å². The Morgan fingerprint density at radius 1 is 1.03 bits per heavy atom. The predicted molar refractivity (Wildman–Crippen MR) is 126 cm³/mol. The first-order valence-electron chi connectivity index (χ1n) is 10.6. The number of aromatic amines is 1. The van der Waals surface area contributed by atoms with Gasteiger partial charge in [-0.15, -0.1) is 0 Å². The summed E-state index contributed by atoms with van der Waals surface area (Å²) in [6.45, 7) is 0.655. The number of amides is 1. The van der Waals surface area contributed by atoms with Crippen LogP contribution >= 0.6 is 0 Å². The highest BCUT2D eigenvalue weighted by Crippen LogP contribution is 2.33. The van der Waals surface area contributed by atoms with E-state index in [0.29, 0.717) is 23.6 Å². The summed E-state index contributed by atoms with van der Waals surface area (Å²) in [5.41, 5.74) is 5.07. The predicted octanol–water partition coefficient (Wildman–Crippen LogP) is 4.52. The number of aromatic nitrogens is 1. The van der Waals surface area contributed by atoms with E-state index in [-0.39, 0.29) is 18.6 Å². The maximum atomic E-state index is 12.9. The third-order valence-corrected chi connectivity index (χ3v) is 5.91. The van der Waals surface area contributed by atoms with Crippen LogP contribution in [0.15, 0.2) is 72.9 Å². The summed E-state index contributed by atoms with van der Waals surface area (Å²) in [6, 6.07) is 22.0. The third kappa shape index (κ3) is 3.75. The molecule has 1 aliphatic rings. The molecule has 2 heterocycles. The lowest BCUT2D eigenvalue weighted by Crippen LogP contribution is -2.28. The zero-order chi connectivity index (χ0) is 22.1. The molecule has 1 amide bonds. The zero-order valence-corrected chi connectivity index (χ0v) is 18.1. The Labute approximate surface area is 186 Å². The van der Waals surface area contributed by atoms with Gasteiger partial charge in [-0.05, 0) is 47.5 Å². The van der Waals surface area contributed by atoms with E-state index in [1.165, 1.54) is 0 Å². The lowest BCUT2D eigenvalue weighted by atomic mass is 9.90. The average Bonchev–Trinajstić information content (AvgIpc) is 3.46. The van der Waals surface area contributed by atoms with Crippen molar-refractivity contribution >= 4 is 22.5 Å². The Morgan fingerprint density at radius 3 is 2.62 bits per heavy atom. The Kier molecular flexibility index (Phi) is 5.19. The Hall–Kier alpha value is -3.93. The third-order valence-electron chi connectivity index (χ3n) is 5.91.